The molecule has 0 saturated carbocycles. The Morgan fingerprint density at radius 3 is 2.96 bits per heavy atom. The van der Waals surface area contributed by atoms with Crippen molar-refractivity contribution in [2.75, 3.05) is 13.1 Å². The summed E-state index contributed by atoms with van der Waals surface area (Å²) in [6, 6.07) is 8.12. The standard InChI is InChI=1S/C18H22BrN3O/c1-21-12-16(11-20-21)15-6-4-10-22(13-15)18(23)9-8-14-5-2-3-7-17(14)19/h2-3,5,7,11-12,15H,4,6,8-10,13H2,1H3. The summed E-state index contributed by atoms with van der Waals surface area (Å²) in [5.41, 5.74) is 2.44. The Morgan fingerprint density at radius 2 is 2.22 bits per heavy atom. The molecule has 122 valence electrons. The third kappa shape index (κ3) is 4.02. The molecule has 0 spiro atoms. The first-order chi connectivity index (χ1) is 11.1. The fourth-order valence-corrected chi connectivity index (χ4v) is 3.71. The molecule has 1 aliphatic heterocycles. The normalized spacial score (nSPS) is 18.2. The van der Waals surface area contributed by atoms with Gasteiger partial charge in [-0.15, -0.1) is 0 Å². The molecule has 0 aliphatic carbocycles. The average Bonchev–Trinajstić information content (AvgIpc) is 3.00. The van der Waals surface area contributed by atoms with Gasteiger partial charge in [0.05, 0.1) is 6.20 Å². The van der Waals surface area contributed by atoms with E-state index in [1.165, 1.54) is 11.1 Å². The first kappa shape index (κ1) is 16.2. The van der Waals surface area contributed by atoms with E-state index in [1.807, 2.05) is 41.0 Å². The molecule has 1 saturated heterocycles. The van der Waals surface area contributed by atoms with Crippen LogP contribution in [-0.4, -0.2) is 33.7 Å². The van der Waals surface area contributed by atoms with Crippen molar-refractivity contribution in [2.45, 2.75) is 31.6 Å². The minimum absolute atomic E-state index is 0.259. The summed E-state index contributed by atoms with van der Waals surface area (Å²) < 4.78 is 2.92. The average molecular weight is 376 g/mol. The van der Waals surface area contributed by atoms with Gasteiger partial charge in [-0.05, 0) is 36.5 Å². The van der Waals surface area contributed by atoms with E-state index in [-0.39, 0.29) is 5.91 Å². The Bertz CT molecular complexity index is 682. The number of carbonyl (C=O) groups is 1. The smallest absolute Gasteiger partial charge is 0.222 e. The van der Waals surface area contributed by atoms with Crippen LogP contribution in [0.1, 0.15) is 36.3 Å². The molecule has 0 bridgehead atoms. The van der Waals surface area contributed by atoms with Gasteiger partial charge in [-0.2, -0.15) is 5.10 Å². The van der Waals surface area contributed by atoms with Crippen molar-refractivity contribution in [3.63, 3.8) is 0 Å². The number of halogens is 1. The lowest BCUT2D eigenvalue weighted by Crippen LogP contribution is -2.39. The summed E-state index contributed by atoms with van der Waals surface area (Å²) in [5, 5.41) is 4.26. The molecule has 1 amide bonds. The second-order valence-electron chi connectivity index (χ2n) is 6.22. The van der Waals surface area contributed by atoms with Gasteiger partial charge in [0.15, 0.2) is 0 Å². The maximum atomic E-state index is 12.6. The van der Waals surface area contributed by atoms with Crippen molar-refractivity contribution in [1.29, 1.82) is 0 Å². The fourth-order valence-electron chi connectivity index (χ4n) is 3.23. The lowest BCUT2D eigenvalue weighted by molar-refractivity contribution is -0.132. The van der Waals surface area contributed by atoms with Gasteiger partial charge in [0.1, 0.15) is 0 Å². The van der Waals surface area contributed by atoms with Crippen LogP contribution in [0.3, 0.4) is 0 Å². The number of nitrogens with zero attached hydrogens (tertiary/aromatic N) is 3. The lowest BCUT2D eigenvalue weighted by Gasteiger charge is -2.32. The first-order valence-corrected chi connectivity index (χ1v) is 8.92. The maximum Gasteiger partial charge on any atom is 0.222 e. The van der Waals surface area contributed by atoms with Gasteiger partial charge in [0, 0.05) is 43.1 Å². The highest BCUT2D eigenvalue weighted by Crippen LogP contribution is 2.27. The predicted octanol–water partition coefficient (Wildman–Crippen LogP) is 3.52. The Morgan fingerprint density at radius 1 is 1.39 bits per heavy atom. The van der Waals surface area contributed by atoms with Crippen molar-refractivity contribution < 1.29 is 4.79 Å². The van der Waals surface area contributed by atoms with E-state index in [2.05, 4.69) is 33.3 Å². The monoisotopic (exact) mass is 375 g/mol. The van der Waals surface area contributed by atoms with Crippen LogP contribution < -0.4 is 0 Å². The topological polar surface area (TPSA) is 38.1 Å². The molecule has 4 nitrogen and oxygen atoms in total. The Kier molecular flexibility index (Phi) is 5.16. The summed E-state index contributed by atoms with van der Waals surface area (Å²) in [4.78, 5) is 14.6. The molecule has 1 aliphatic rings. The highest BCUT2D eigenvalue weighted by atomic mass is 79.9. The molecular weight excluding hydrogens is 354 g/mol. The van der Waals surface area contributed by atoms with Crippen molar-refractivity contribution in [3.8, 4) is 0 Å². The number of piperidine rings is 1. The van der Waals surface area contributed by atoms with Gasteiger partial charge in [-0.1, -0.05) is 34.1 Å². The van der Waals surface area contributed by atoms with E-state index >= 15 is 0 Å². The number of benzene rings is 1. The van der Waals surface area contributed by atoms with Crippen LogP contribution in [0.15, 0.2) is 41.1 Å². The van der Waals surface area contributed by atoms with Crippen LogP contribution in [0, 0.1) is 0 Å². The van der Waals surface area contributed by atoms with Crippen molar-refractivity contribution in [3.05, 3.63) is 52.3 Å². The second-order valence-corrected chi connectivity index (χ2v) is 7.07. The van der Waals surface area contributed by atoms with Crippen LogP contribution in [0.4, 0.5) is 0 Å². The zero-order valence-electron chi connectivity index (χ0n) is 13.4. The summed E-state index contributed by atoms with van der Waals surface area (Å²) in [6.45, 7) is 1.70. The molecule has 3 rings (SSSR count). The number of likely N-dealkylation sites (tertiary alicyclic amines) is 1. The first-order valence-electron chi connectivity index (χ1n) is 8.13. The number of hydrogen-bond acceptors (Lipinski definition) is 2. The largest absolute Gasteiger partial charge is 0.342 e. The third-order valence-electron chi connectivity index (χ3n) is 4.54. The maximum absolute atomic E-state index is 12.6. The van der Waals surface area contributed by atoms with Crippen LogP contribution in [-0.2, 0) is 18.3 Å². The third-order valence-corrected chi connectivity index (χ3v) is 5.31. The highest BCUT2D eigenvalue weighted by molar-refractivity contribution is 9.10. The van der Waals surface area contributed by atoms with E-state index in [1.54, 1.807) is 0 Å². The van der Waals surface area contributed by atoms with Crippen molar-refractivity contribution in [1.82, 2.24) is 14.7 Å². The summed E-state index contributed by atoms with van der Waals surface area (Å²) in [5.74, 6) is 0.680. The zero-order valence-corrected chi connectivity index (χ0v) is 15.0. The number of amides is 1. The number of aromatic nitrogens is 2. The molecule has 2 aromatic rings. The number of hydrogen-bond donors (Lipinski definition) is 0. The Balaban J connectivity index is 1.58. The van der Waals surface area contributed by atoms with Crippen LogP contribution in [0.5, 0.6) is 0 Å². The van der Waals surface area contributed by atoms with Crippen LogP contribution in [0.25, 0.3) is 0 Å². The van der Waals surface area contributed by atoms with Crippen molar-refractivity contribution in [2.24, 2.45) is 7.05 Å². The van der Waals surface area contributed by atoms with Gasteiger partial charge in [-0.3, -0.25) is 9.48 Å². The quantitative estimate of drug-likeness (QED) is 0.819. The molecular formula is C18H22BrN3O. The molecule has 1 unspecified atom stereocenters. The van der Waals surface area contributed by atoms with E-state index in [0.717, 1.165) is 36.8 Å². The van der Waals surface area contributed by atoms with E-state index in [0.29, 0.717) is 12.3 Å². The molecule has 0 radical (unpaired) electrons. The van der Waals surface area contributed by atoms with Crippen molar-refractivity contribution >= 4 is 21.8 Å². The molecule has 1 aromatic heterocycles. The molecule has 1 aromatic carbocycles. The predicted molar refractivity (Wildman–Crippen MR) is 94.2 cm³/mol. The van der Waals surface area contributed by atoms with Gasteiger partial charge < -0.3 is 4.90 Å². The Hall–Kier alpha value is -1.62. The summed E-state index contributed by atoms with van der Waals surface area (Å²) in [7, 11) is 1.94. The highest BCUT2D eigenvalue weighted by Gasteiger charge is 2.25. The molecule has 1 atom stereocenters. The SMILES string of the molecule is Cn1cc(C2CCCN(C(=O)CCc3ccccc3Br)C2)cn1. The van der Waals surface area contributed by atoms with Gasteiger partial charge in [0.25, 0.3) is 0 Å². The van der Waals surface area contributed by atoms with E-state index in [9.17, 15) is 4.79 Å². The summed E-state index contributed by atoms with van der Waals surface area (Å²) >= 11 is 3.55. The molecule has 23 heavy (non-hydrogen) atoms. The van der Waals surface area contributed by atoms with Crippen LogP contribution in [0.2, 0.25) is 0 Å². The zero-order chi connectivity index (χ0) is 16.2. The van der Waals surface area contributed by atoms with Gasteiger partial charge in [0.2, 0.25) is 5.91 Å². The minimum Gasteiger partial charge on any atom is -0.342 e. The lowest BCUT2D eigenvalue weighted by atomic mass is 9.92. The molecule has 5 heteroatoms. The molecule has 0 N–H and O–H groups in total. The molecule has 2 heterocycles. The van der Waals surface area contributed by atoms with Gasteiger partial charge >= 0.3 is 0 Å². The summed E-state index contributed by atoms with van der Waals surface area (Å²) in [6.07, 6.45) is 7.57. The van der Waals surface area contributed by atoms with E-state index < -0.39 is 0 Å². The molecule has 1 fully saturated rings. The van der Waals surface area contributed by atoms with E-state index in [4.69, 9.17) is 0 Å². The second kappa shape index (κ2) is 7.30. The Labute approximate surface area is 145 Å². The number of rotatable bonds is 4. The minimum atomic E-state index is 0.259. The van der Waals surface area contributed by atoms with Gasteiger partial charge in [-0.25, -0.2) is 0 Å². The number of aryl methyl sites for hydroxylation is 2. The van der Waals surface area contributed by atoms with Crippen LogP contribution >= 0.6 is 15.9 Å². The number of carbonyl (C=O) groups excluding carboxylic acids is 1. The fraction of sp³-hybridized carbons (Fsp3) is 0.444.